The molecule has 2 aromatic heterocycles. The summed E-state index contributed by atoms with van der Waals surface area (Å²) in [6, 6.07) is 13.1. The van der Waals surface area contributed by atoms with Crippen LogP contribution in [0, 0.1) is 0 Å². The van der Waals surface area contributed by atoms with Gasteiger partial charge in [-0.05, 0) is 75.6 Å². The lowest BCUT2D eigenvalue weighted by atomic mass is 10.1. The van der Waals surface area contributed by atoms with Gasteiger partial charge in [0.15, 0.2) is 0 Å². The summed E-state index contributed by atoms with van der Waals surface area (Å²) in [6.45, 7) is 10.2. The first-order valence-electron chi connectivity index (χ1n) is 11.7. The van der Waals surface area contributed by atoms with Crippen molar-refractivity contribution < 1.29 is 9.53 Å². The first-order chi connectivity index (χ1) is 15.5. The smallest absolute Gasteiger partial charge is 0.270 e. The van der Waals surface area contributed by atoms with Crippen molar-refractivity contribution in [3.63, 3.8) is 0 Å². The first kappa shape index (κ1) is 21.0. The Morgan fingerprint density at radius 1 is 1.09 bits per heavy atom. The van der Waals surface area contributed by atoms with E-state index in [0.717, 1.165) is 53.8 Å². The van der Waals surface area contributed by atoms with Gasteiger partial charge < -0.3 is 19.1 Å². The molecule has 0 bridgehead atoms. The fourth-order valence-corrected chi connectivity index (χ4v) is 5.12. The van der Waals surface area contributed by atoms with Crippen LogP contribution in [0.2, 0.25) is 0 Å². The van der Waals surface area contributed by atoms with Gasteiger partial charge >= 0.3 is 0 Å². The normalized spacial score (nSPS) is 20.2. The summed E-state index contributed by atoms with van der Waals surface area (Å²) < 4.78 is 8.53. The standard InChI is InChI=1S/C26H32N4O2/c1-18(2)28-12-8-22(9-13-28)32-23-4-5-24-21(14-23)15-25-26(31)29(16-19(3)30(24)25)17-20-6-10-27-11-7-20/h4-7,10-11,14-15,18-19,22H,8-9,12-13,16-17H2,1-3H3/t19-/m1/s1. The maximum absolute atomic E-state index is 13.3. The molecule has 0 spiro atoms. The van der Waals surface area contributed by atoms with Crippen molar-refractivity contribution in [2.45, 2.75) is 58.3 Å². The van der Waals surface area contributed by atoms with Gasteiger partial charge in [0.25, 0.3) is 5.91 Å². The van der Waals surface area contributed by atoms with E-state index in [-0.39, 0.29) is 18.1 Å². The molecular weight excluding hydrogens is 400 g/mol. The lowest BCUT2D eigenvalue weighted by Crippen LogP contribution is -2.41. The first-order valence-corrected chi connectivity index (χ1v) is 11.7. The average Bonchev–Trinajstić information content (AvgIpc) is 3.18. The highest BCUT2D eigenvalue weighted by Gasteiger charge is 2.31. The summed E-state index contributed by atoms with van der Waals surface area (Å²) in [6.07, 6.45) is 5.93. The van der Waals surface area contributed by atoms with E-state index in [9.17, 15) is 4.79 Å². The Morgan fingerprint density at radius 3 is 2.56 bits per heavy atom. The van der Waals surface area contributed by atoms with Gasteiger partial charge in [-0.2, -0.15) is 0 Å². The highest BCUT2D eigenvalue weighted by atomic mass is 16.5. The average molecular weight is 433 g/mol. The van der Waals surface area contributed by atoms with Crippen LogP contribution in [0.15, 0.2) is 48.8 Å². The summed E-state index contributed by atoms with van der Waals surface area (Å²) in [5.74, 6) is 0.983. The minimum absolute atomic E-state index is 0.0830. The van der Waals surface area contributed by atoms with Crippen LogP contribution in [0.25, 0.3) is 10.9 Å². The Labute approximate surface area is 189 Å². The topological polar surface area (TPSA) is 50.6 Å². The fourth-order valence-electron chi connectivity index (χ4n) is 5.12. The molecule has 0 radical (unpaired) electrons. The molecule has 0 unspecified atom stereocenters. The zero-order valence-electron chi connectivity index (χ0n) is 19.2. The molecule has 1 atom stereocenters. The molecule has 168 valence electrons. The molecule has 2 aliphatic rings. The second kappa shape index (κ2) is 8.58. The lowest BCUT2D eigenvalue weighted by Gasteiger charge is -2.34. The van der Waals surface area contributed by atoms with E-state index < -0.39 is 0 Å². The second-order valence-corrected chi connectivity index (χ2v) is 9.46. The van der Waals surface area contributed by atoms with E-state index in [1.807, 2.05) is 23.1 Å². The van der Waals surface area contributed by atoms with Crippen molar-refractivity contribution in [3.8, 4) is 5.75 Å². The molecule has 1 saturated heterocycles. The zero-order chi connectivity index (χ0) is 22.2. The van der Waals surface area contributed by atoms with Crippen LogP contribution in [0.5, 0.6) is 5.75 Å². The minimum atomic E-state index is 0.0830. The van der Waals surface area contributed by atoms with Gasteiger partial charge in [0, 0.05) is 61.6 Å². The number of pyridine rings is 1. The number of amides is 1. The number of fused-ring (bicyclic) bond motifs is 3. The number of aromatic nitrogens is 2. The van der Waals surface area contributed by atoms with Crippen LogP contribution in [0.3, 0.4) is 0 Å². The van der Waals surface area contributed by atoms with Crippen molar-refractivity contribution in [1.29, 1.82) is 0 Å². The maximum atomic E-state index is 13.3. The molecule has 32 heavy (non-hydrogen) atoms. The Kier molecular flexibility index (Phi) is 5.64. The number of hydrogen-bond donors (Lipinski definition) is 0. The molecule has 6 nitrogen and oxygen atoms in total. The largest absolute Gasteiger partial charge is 0.490 e. The van der Waals surface area contributed by atoms with Crippen LogP contribution in [-0.4, -0.2) is 57.0 Å². The molecule has 0 aliphatic carbocycles. The van der Waals surface area contributed by atoms with Crippen molar-refractivity contribution in [2.75, 3.05) is 19.6 Å². The number of carbonyl (C=O) groups is 1. The molecule has 0 saturated carbocycles. The van der Waals surface area contributed by atoms with Gasteiger partial charge in [-0.3, -0.25) is 9.78 Å². The number of nitrogens with zero attached hydrogens (tertiary/aromatic N) is 4. The SMILES string of the molecule is CC(C)N1CCC(Oc2ccc3c(c2)cc2n3[C@H](C)CN(Cc3ccncc3)C2=O)CC1. The fraction of sp³-hybridized carbons (Fsp3) is 0.462. The molecule has 2 aliphatic heterocycles. The third kappa shape index (κ3) is 3.99. The summed E-state index contributed by atoms with van der Waals surface area (Å²) in [5, 5.41) is 1.07. The van der Waals surface area contributed by atoms with E-state index in [1.165, 1.54) is 0 Å². The Morgan fingerprint density at radius 2 is 1.84 bits per heavy atom. The predicted molar refractivity (Wildman–Crippen MR) is 126 cm³/mol. The van der Waals surface area contributed by atoms with E-state index in [0.29, 0.717) is 19.1 Å². The number of hydrogen-bond acceptors (Lipinski definition) is 4. The molecule has 1 fully saturated rings. The molecule has 5 rings (SSSR count). The minimum Gasteiger partial charge on any atom is -0.490 e. The molecular formula is C26H32N4O2. The number of rotatable bonds is 5. The summed E-state index contributed by atoms with van der Waals surface area (Å²) in [7, 11) is 0. The summed E-state index contributed by atoms with van der Waals surface area (Å²) in [4.78, 5) is 21.8. The highest BCUT2D eigenvalue weighted by molar-refractivity contribution is 6.00. The number of carbonyl (C=O) groups excluding carboxylic acids is 1. The van der Waals surface area contributed by atoms with Gasteiger partial charge in [0.1, 0.15) is 17.5 Å². The molecule has 6 heteroatoms. The second-order valence-electron chi connectivity index (χ2n) is 9.46. The van der Waals surface area contributed by atoms with Crippen molar-refractivity contribution >= 4 is 16.8 Å². The van der Waals surface area contributed by atoms with Gasteiger partial charge in [0.05, 0.1) is 0 Å². The monoisotopic (exact) mass is 432 g/mol. The van der Waals surface area contributed by atoms with Crippen molar-refractivity contribution in [2.24, 2.45) is 0 Å². The Hall–Kier alpha value is -2.86. The van der Waals surface area contributed by atoms with Gasteiger partial charge in [-0.1, -0.05) is 0 Å². The van der Waals surface area contributed by atoms with E-state index in [2.05, 4.69) is 53.4 Å². The third-order valence-electron chi connectivity index (χ3n) is 6.87. The van der Waals surface area contributed by atoms with Crippen molar-refractivity contribution in [1.82, 2.24) is 19.4 Å². The third-order valence-corrected chi connectivity index (χ3v) is 6.87. The Balaban J connectivity index is 1.35. The number of benzene rings is 1. The van der Waals surface area contributed by atoms with Crippen molar-refractivity contribution in [3.05, 3.63) is 60.0 Å². The van der Waals surface area contributed by atoms with Crippen LogP contribution < -0.4 is 4.74 Å². The van der Waals surface area contributed by atoms with Gasteiger partial charge in [-0.15, -0.1) is 0 Å². The molecule has 0 N–H and O–H groups in total. The summed E-state index contributed by atoms with van der Waals surface area (Å²) >= 11 is 0. The number of likely N-dealkylation sites (tertiary alicyclic amines) is 1. The molecule has 3 aromatic rings. The van der Waals surface area contributed by atoms with Crippen LogP contribution in [0.1, 0.15) is 55.7 Å². The van der Waals surface area contributed by atoms with E-state index in [4.69, 9.17) is 4.74 Å². The van der Waals surface area contributed by atoms with Gasteiger partial charge in [0.2, 0.25) is 0 Å². The Bertz CT molecular complexity index is 1100. The maximum Gasteiger partial charge on any atom is 0.270 e. The molecule has 1 aromatic carbocycles. The number of ether oxygens (including phenoxy) is 1. The molecule has 4 heterocycles. The quantitative estimate of drug-likeness (QED) is 0.595. The summed E-state index contributed by atoms with van der Waals surface area (Å²) in [5.41, 5.74) is 2.96. The van der Waals surface area contributed by atoms with Crippen LogP contribution in [0.4, 0.5) is 0 Å². The lowest BCUT2D eigenvalue weighted by molar-refractivity contribution is 0.0665. The van der Waals surface area contributed by atoms with Gasteiger partial charge in [-0.25, -0.2) is 0 Å². The number of piperidine rings is 1. The molecule has 1 amide bonds. The van der Waals surface area contributed by atoms with E-state index >= 15 is 0 Å². The van der Waals surface area contributed by atoms with E-state index in [1.54, 1.807) is 12.4 Å². The van der Waals surface area contributed by atoms with Crippen LogP contribution in [-0.2, 0) is 6.54 Å². The zero-order valence-corrected chi connectivity index (χ0v) is 19.2. The highest BCUT2D eigenvalue weighted by Crippen LogP contribution is 2.33. The van der Waals surface area contributed by atoms with Crippen LogP contribution >= 0.6 is 0 Å². The predicted octanol–water partition coefficient (Wildman–Crippen LogP) is 4.50.